The molecule has 5 nitrogen and oxygen atoms in total. The molecule has 0 spiro atoms. The number of amides is 2. The van der Waals surface area contributed by atoms with Crippen molar-refractivity contribution in [1.29, 1.82) is 0 Å². The fraction of sp³-hybridized carbons (Fsp3) is 0.176. The van der Waals surface area contributed by atoms with Crippen molar-refractivity contribution in [2.24, 2.45) is 0 Å². The first-order chi connectivity index (χ1) is 11.0. The number of aliphatic hydroxyl groups excluding tert-OH is 1. The van der Waals surface area contributed by atoms with Crippen LogP contribution in [0, 0.1) is 0 Å². The normalized spacial score (nSPS) is 11.6. The molecule has 3 N–H and O–H groups in total. The lowest BCUT2D eigenvalue weighted by Gasteiger charge is -2.14. The van der Waals surface area contributed by atoms with E-state index < -0.39 is 6.10 Å². The third kappa shape index (κ3) is 4.81. The van der Waals surface area contributed by atoms with Crippen molar-refractivity contribution in [2.75, 3.05) is 11.9 Å². The number of nitrogens with one attached hydrogen (secondary N) is 2. The van der Waals surface area contributed by atoms with Gasteiger partial charge in [-0.1, -0.05) is 35.9 Å². The molecule has 0 fully saturated rings. The van der Waals surface area contributed by atoms with Crippen molar-refractivity contribution >= 4 is 29.1 Å². The maximum atomic E-state index is 12.1. The molecule has 2 aromatic rings. The molecule has 0 aromatic heterocycles. The number of carbonyl (C=O) groups excluding carboxylic acids is 2. The van der Waals surface area contributed by atoms with Crippen molar-refractivity contribution < 1.29 is 14.7 Å². The molecule has 0 aliphatic carbocycles. The second-order valence-electron chi connectivity index (χ2n) is 5.01. The Hall–Kier alpha value is -2.37. The van der Waals surface area contributed by atoms with Gasteiger partial charge < -0.3 is 15.7 Å². The molecule has 120 valence electrons. The van der Waals surface area contributed by atoms with E-state index in [0.29, 0.717) is 21.8 Å². The molecule has 0 saturated heterocycles. The Morgan fingerprint density at radius 3 is 2.61 bits per heavy atom. The summed E-state index contributed by atoms with van der Waals surface area (Å²) in [5, 5.41) is 15.8. The van der Waals surface area contributed by atoms with Gasteiger partial charge in [-0.25, -0.2) is 0 Å². The third-order valence-corrected chi connectivity index (χ3v) is 3.51. The van der Waals surface area contributed by atoms with Crippen molar-refractivity contribution in [3.63, 3.8) is 0 Å². The monoisotopic (exact) mass is 332 g/mol. The Bertz CT molecular complexity index is 718. The van der Waals surface area contributed by atoms with Gasteiger partial charge >= 0.3 is 0 Å². The van der Waals surface area contributed by atoms with Crippen molar-refractivity contribution in [3.05, 3.63) is 64.7 Å². The minimum Gasteiger partial charge on any atom is -0.387 e. The Kier molecular flexibility index (Phi) is 5.73. The van der Waals surface area contributed by atoms with Crippen LogP contribution in [-0.4, -0.2) is 23.5 Å². The summed E-state index contributed by atoms with van der Waals surface area (Å²) >= 11 is 6.01. The lowest BCUT2D eigenvalue weighted by atomic mass is 10.1. The molecule has 0 aliphatic heterocycles. The maximum Gasteiger partial charge on any atom is 0.251 e. The lowest BCUT2D eigenvalue weighted by Crippen LogP contribution is -2.28. The van der Waals surface area contributed by atoms with Gasteiger partial charge in [0.15, 0.2) is 0 Å². The smallest absolute Gasteiger partial charge is 0.251 e. The molecule has 1 atom stereocenters. The fourth-order valence-electron chi connectivity index (χ4n) is 2.09. The van der Waals surface area contributed by atoms with E-state index in [4.69, 9.17) is 11.6 Å². The van der Waals surface area contributed by atoms with Gasteiger partial charge in [0.2, 0.25) is 5.91 Å². The molecule has 23 heavy (non-hydrogen) atoms. The van der Waals surface area contributed by atoms with Gasteiger partial charge in [-0.15, -0.1) is 0 Å². The number of benzene rings is 2. The fourth-order valence-corrected chi connectivity index (χ4v) is 2.35. The third-order valence-electron chi connectivity index (χ3n) is 3.17. The Morgan fingerprint density at radius 2 is 1.91 bits per heavy atom. The van der Waals surface area contributed by atoms with Gasteiger partial charge in [-0.3, -0.25) is 9.59 Å². The first-order valence-corrected chi connectivity index (χ1v) is 7.43. The molecule has 0 aliphatic rings. The van der Waals surface area contributed by atoms with E-state index in [1.165, 1.54) is 6.92 Å². The number of hydrogen-bond acceptors (Lipinski definition) is 3. The van der Waals surface area contributed by atoms with Gasteiger partial charge in [0.25, 0.3) is 5.91 Å². The number of aliphatic hydroxyl groups is 1. The number of anilines is 1. The summed E-state index contributed by atoms with van der Waals surface area (Å²) in [4.78, 5) is 23.2. The molecule has 0 heterocycles. The minimum absolute atomic E-state index is 0.0347. The zero-order valence-electron chi connectivity index (χ0n) is 12.5. The van der Waals surface area contributed by atoms with E-state index >= 15 is 0 Å². The average molecular weight is 333 g/mol. The largest absolute Gasteiger partial charge is 0.387 e. The van der Waals surface area contributed by atoms with Crippen LogP contribution in [0.25, 0.3) is 0 Å². The highest BCUT2D eigenvalue weighted by Crippen LogP contribution is 2.22. The molecule has 1 unspecified atom stereocenters. The van der Waals surface area contributed by atoms with Gasteiger partial charge in [0, 0.05) is 35.3 Å². The highest BCUT2D eigenvalue weighted by atomic mass is 35.5. The molecule has 2 aromatic carbocycles. The second-order valence-corrected chi connectivity index (χ2v) is 5.42. The predicted octanol–water partition coefficient (Wildman–Crippen LogP) is 2.76. The molecular formula is C17H17ClN2O3. The summed E-state index contributed by atoms with van der Waals surface area (Å²) in [6.45, 7) is 1.43. The Balaban J connectivity index is 1.99. The van der Waals surface area contributed by atoms with Crippen LogP contribution in [0.1, 0.15) is 28.9 Å². The summed E-state index contributed by atoms with van der Waals surface area (Å²) in [6.07, 6.45) is -0.897. The zero-order valence-corrected chi connectivity index (χ0v) is 13.3. The highest BCUT2D eigenvalue weighted by molar-refractivity contribution is 6.31. The average Bonchev–Trinajstić information content (AvgIpc) is 2.52. The topological polar surface area (TPSA) is 78.4 Å². The summed E-state index contributed by atoms with van der Waals surface area (Å²) in [5.41, 5.74) is 1.49. The molecule has 6 heteroatoms. The van der Waals surface area contributed by atoms with Gasteiger partial charge in [-0.2, -0.15) is 0 Å². The quantitative estimate of drug-likeness (QED) is 0.787. The number of carbonyl (C=O) groups is 2. The van der Waals surface area contributed by atoms with E-state index in [2.05, 4.69) is 10.6 Å². The van der Waals surface area contributed by atoms with Crippen molar-refractivity contribution in [3.8, 4) is 0 Å². The van der Waals surface area contributed by atoms with E-state index in [0.717, 1.165) is 0 Å². The van der Waals surface area contributed by atoms with E-state index in [1.807, 2.05) is 0 Å². The molecule has 0 bridgehead atoms. The highest BCUT2D eigenvalue weighted by Gasteiger charge is 2.13. The Morgan fingerprint density at radius 1 is 1.17 bits per heavy atom. The molecule has 2 amide bonds. The van der Waals surface area contributed by atoms with E-state index in [9.17, 15) is 14.7 Å². The van der Waals surface area contributed by atoms with Crippen LogP contribution in [0.3, 0.4) is 0 Å². The summed E-state index contributed by atoms with van der Waals surface area (Å²) in [7, 11) is 0. The van der Waals surface area contributed by atoms with Crippen LogP contribution < -0.4 is 10.6 Å². The summed E-state index contributed by atoms with van der Waals surface area (Å²) < 4.78 is 0. The summed E-state index contributed by atoms with van der Waals surface area (Å²) in [5.74, 6) is -0.556. The standard InChI is InChI=1S/C17H17ClN2O3/c1-11(21)20-13-6-4-5-12(9-13)17(23)19-10-16(22)14-7-2-3-8-15(14)18/h2-9,16,22H,10H2,1H3,(H,19,23)(H,20,21). The maximum absolute atomic E-state index is 12.1. The first kappa shape index (κ1) is 17.0. The first-order valence-electron chi connectivity index (χ1n) is 7.05. The lowest BCUT2D eigenvalue weighted by molar-refractivity contribution is -0.114. The summed E-state index contributed by atoms with van der Waals surface area (Å²) in [6, 6.07) is 13.5. The number of rotatable bonds is 5. The SMILES string of the molecule is CC(=O)Nc1cccc(C(=O)NCC(O)c2ccccc2Cl)c1. The minimum atomic E-state index is -0.897. The van der Waals surface area contributed by atoms with Crippen LogP contribution in [0.5, 0.6) is 0 Å². The van der Waals surface area contributed by atoms with Gasteiger partial charge in [0.05, 0.1) is 6.10 Å². The van der Waals surface area contributed by atoms with Gasteiger partial charge in [-0.05, 0) is 24.3 Å². The number of halogens is 1. The molecule has 2 rings (SSSR count). The van der Waals surface area contributed by atoms with Crippen LogP contribution in [0.4, 0.5) is 5.69 Å². The zero-order chi connectivity index (χ0) is 16.8. The molecular weight excluding hydrogens is 316 g/mol. The van der Waals surface area contributed by atoms with Crippen LogP contribution >= 0.6 is 11.6 Å². The van der Waals surface area contributed by atoms with Crippen molar-refractivity contribution in [1.82, 2.24) is 5.32 Å². The van der Waals surface area contributed by atoms with E-state index in [1.54, 1.807) is 48.5 Å². The predicted molar refractivity (Wildman–Crippen MR) is 89.5 cm³/mol. The van der Waals surface area contributed by atoms with Crippen LogP contribution in [0.15, 0.2) is 48.5 Å². The second kappa shape index (κ2) is 7.76. The Labute approximate surface area is 139 Å². The van der Waals surface area contributed by atoms with Crippen LogP contribution in [0.2, 0.25) is 5.02 Å². The van der Waals surface area contributed by atoms with Gasteiger partial charge in [0.1, 0.15) is 0 Å². The number of hydrogen-bond donors (Lipinski definition) is 3. The molecule has 0 saturated carbocycles. The van der Waals surface area contributed by atoms with Crippen LogP contribution in [-0.2, 0) is 4.79 Å². The van der Waals surface area contributed by atoms with E-state index in [-0.39, 0.29) is 18.4 Å². The molecule has 0 radical (unpaired) electrons. The van der Waals surface area contributed by atoms with Crippen molar-refractivity contribution in [2.45, 2.75) is 13.0 Å².